The molecule has 8 nitrogen and oxygen atoms in total. The highest BCUT2D eigenvalue weighted by Gasteiger charge is 2.24. The Morgan fingerprint density at radius 2 is 1.62 bits per heavy atom. The summed E-state index contributed by atoms with van der Waals surface area (Å²) in [4.78, 5) is 9.86. The summed E-state index contributed by atoms with van der Waals surface area (Å²) in [7, 11) is -3.56. The predicted octanol–water partition coefficient (Wildman–Crippen LogP) is 5.29. The van der Waals surface area contributed by atoms with E-state index in [0.29, 0.717) is 35.3 Å². The van der Waals surface area contributed by atoms with Gasteiger partial charge in [0, 0.05) is 30.6 Å². The third-order valence-electron chi connectivity index (χ3n) is 7.86. The van der Waals surface area contributed by atoms with Gasteiger partial charge < -0.3 is 16.0 Å². The van der Waals surface area contributed by atoms with Crippen LogP contribution in [0.5, 0.6) is 0 Å². The molecule has 218 valence electrons. The van der Waals surface area contributed by atoms with Gasteiger partial charge in [-0.25, -0.2) is 18.1 Å². The van der Waals surface area contributed by atoms with Gasteiger partial charge in [-0.05, 0) is 102 Å². The lowest BCUT2D eigenvalue weighted by Crippen LogP contribution is -2.37. The number of fused-ring (bicyclic) bond motifs is 1. The zero-order valence-corrected chi connectivity index (χ0v) is 25.2. The standard InChI is InChI=1S/C31H46N6O2S/c1-5-30(36-27-12-9-13-27)37-31(34-22(2)3)35-23(4)32-20-24-16-18-25(19-17-24)21-33-40(38,39)29-15-8-11-26-10-6-7-14-28(26)29/h5-8,10-11,14-15,22,24-25,27,33,36H,9,12-13,16-21H2,1-4H3,(H2,32,34,35,37). The maximum Gasteiger partial charge on any atom is 0.241 e. The van der Waals surface area contributed by atoms with Crippen molar-refractivity contribution in [2.75, 3.05) is 13.1 Å². The highest BCUT2D eigenvalue weighted by molar-refractivity contribution is 7.89. The lowest BCUT2D eigenvalue weighted by Gasteiger charge is -2.29. The Balaban J connectivity index is 1.25. The molecular weight excluding hydrogens is 520 g/mol. The van der Waals surface area contributed by atoms with Crippen LogP contribution in [0.1, 0.15) is 72.6 Å². The molecule has 0 radical (unpaired) electrons. The van der Waals surface area contributed by atoms with Crippen LogP contribution >= 0.6 is 0 Å². The van der Waals surface area contributed by atoms with Gasteiger partial charge in [-0.2, -0.15) is 4.99 Å². The van der Waals surface area contributed by atoms with Crippen molar-refractivity contribution in [1.29, 1.82) is 0 Å². The molecule has 0 amide bonds. The monoisotopic (exact) mass is 566 g/mol. The van der Waals surface area contributed by atoms with Gasteiger partial charge in [0.2, 0.25) is 16.0 Å². The lowest BCUT2D eigenvalue weighted by atomic mass is 9.82. The fourth-order valence-electron chi connectivity index (χ4n) is 5.27. The van der Waals surface area contributed by atoms with Crippen molar-refractivity contribution in [3.8, 4) is 0 Å². The minimum Gasteiger partial charge on any atom is -0.373 e. The molecule has 2 saturated carbocycles. The first-order valence-corrected chi connectivity index (χ1v) is 16.3. The Labute approximate surface area is 240 Å². The lowest BCUT2D eigenvalue weighted by molar-refractivity contribution is 0.275. The number of aliphatic imine (C=N–C) groups is 2. The molecule has 0 saturated heterocycles. The van der Waals surface area contributed by atoms with Crippen molar-refractivity contribution >= 4 is 32.6 Å². The van der Waals surface area contributed by atoms with Gasteiger partial charge >= 0.3 is 0 Å². The van der Waals surface area contributed by atoms with Gasteiger partial charge in [-0.15, -0.1) is 0 Å². The van der Waals surface area contributed by atoms with Crippen LogP contribution in [0, 0.1) is 11.8 Å². The number of allylic oxidation sites excluding steroid dienone is 1. The van der Waals surface area contributed by atoms with Gasteiger partial charge in [0.25, 0.3) is 0 Å². The van der Waals surface area contributed by atoms with Gasteiger partial charge in [-0.3, -0.25) is 0 Å². The minimum absolute atomic E-state index is 0.227. The summed E-state index contributed by atoms with van der Waals surface area (Å²) in [6.45, 7) is 9.49. The van der Waals surface area contributed by atoms with E-state index in [9.17, 15) is 8.42 Å². The summed E-state index contributed by atoms with van der Waals surface area (Å²) >= 11 is 0. The van der Waals surface area contributed by atoms with Crippen LogP contribution in [0.15, 0.2) is 69.2 Å². The van der Waals surface area contributed by atoms with E-state index in [4.69, 9.17) is 9.98 Å². The summed E-state index contributed by atoms with van der Waals surface area (Å²) < 4.78 is 29.1. The molecule has 2 fully saturated rings. The zero-order valence-electron chi connectivity index (χ0n) is 24.4. The minimum atomic E-state index is -3.56. The molecule has 0 spiro atoms. The van der Waals surface area contributed by atoms with Gasteiger partial charge in [0.15, 0.2) is 0 Å². The largest absolute Gasteiger partial charge is 0.373 e. The van der Waals surface area contributed by atoms with E-state index in [0.717, 1.165) is 54.7 Å². The maximum absolute atomic E-state index is 13.1. The molecule has 4 N–H and O–H groups in total. The van der Waals surface area contributed by atoms with E-state index in [-0.39, 0.29) is 6.04 Å². The summed E-state index contributed by atoms with van der Waals surface area (Å²) in [5, 5.41) is 12.1. The van der Waals surface area contributed by atoms with Crippen molar-refractivity contribution in [2.45, 2.75) is 89.6 Å². The van der Waals surface area contributed by atoms with E-state index in [1.165, 1.54) is 19.3 Å². The molecule has 4 rings (SSSR count). The molecule has 0 atom stereocenters. The molecule has 0 aliphatic heterocycles. The molecule has 0 bridgehead atoms. The first-order valence-electron chi connectivity index (χ1n) is 14.8. The molecule has 2 aliphatic rings. The number of nitrogens with zero attached hydrogens (tertiary/aromatic N) is 2. The predicted molar refractivity (Wildman–Crippen MR) is 166 cm³/mol. The summed E-state index contributed by atoms with van der Waals surface area (Å²) in [5.74, 6) is 3.21. The van der Waals surface area contributed by atoms with E-state index < -0.39 is 10.0 Å². The smallest absolute Gasteiger partial charge is 0.241 e. The number of hydrogen-bond acceptors (Lipinski definition) is 4. The van der Waals surface area contributed by atoms with Crippen LogP contribution in [-0.4, -0.2) is 45.4 Å². The number of nitrogens with one attached hydrogen (secondary N) is 4. The van der Waals surface area contributed by atoms with Crippen molar-refractivity contribution in [2.24, 2.45) is 21.8 Å². The Bertz CT molecular complexity index is 1320. The molecule has 2 aromatic carbocycles. The quantitative estimate of drug-likeness (QED) is 0.231. The Morgan fingerprint density at radius 3 is 2.27 bits per heavy atom. The molecule has 0 aromatic heterocycles. The number of sulfonamides is 1. The topological polar surface area (TPSA) is 107 Å². The average molecular weight is 567 g/mol. The first kappa shape index (κ1) is 30.1. The maximum atomic E-state index is 13.1. The number of amidine groups is 1. The van der Waals surface area contributed by atoms with E-state index in [1.807, 2.05) is 50.3 Å². The van der Waals surface area contributed by atoms with Gasteiger partial charge in [0.1, 0.15) is 11.7 Å². The van der Waals surface area contributed by atoms with Crippen molar-refractivity contribution in [3.05, 3.63) is 54.4 Å². The molecular formula is C31H46N6O2S. The second kappa shape index (κ2) is 14.1. The highest BCUT2D eigenvalue weighted by atomic mass is 32.2. The fourth-order valence-corrected chi connectivity index (χ4v) is 6.61. The molecule has 9 heteroatoms. The van der Waals surface area contributed by atoms with Crippen LogP contribution in [0.2, 0.25) is 0 Å². The summed E-state index contributed by atoms with van der Waals surface area (Å²) in [6.07, 6.45) is 9.84. The highest BCUT2D eigenvalue weighted by Crippen LogP contribution is 2.29. The van der Waals surface area contributed by atoms with Gasteiger partial charge in [0.05, 0.1) is 4.90 Å². The molecule has 2 aliphatic carbocycles. The number of benzene rings is 2. The molecule has 40 heavy (non-hydrogen) atoms. The van der Waals surface area contributed by atoms with Crippen molar-refractivity contribution in [1.82, 2.24) is 20.7 Å². The average Bonchev–Trinajstić information content (AvgIpc) is 2.91. The Hall–Kier alpha value is -2.91. The number of guanidine groups is 1. The van der Waals surface area contributed by atoms with Gasteiger partial charge in [-0.1, -0.05) is 36.4 Å². The normalized spacial score (nSPS) is 21.4. The fraction of sp³-hybridized carbons (Fsp3) is 0.548. The summed E-state index contributed by atoms with van der Waals surface area (Å²) in [5.41, 5.74) is 0. The molecule has 0 heterocycles. The first-order chi connectivity index (χ1) is 19.2. The van der Waals surface area contributed by atoms with E-state index >= 15 is 0 Å². The zero-order chi connectivity index (χ0) is 28.5. The van der Waals surface area contributed by atoms with E-state index in [2.05, 4.69) is 34.5 Å². The number of rotatable bonds is 10. The van der Waals surface area contributed by atoms with Crippen molar-refractivity contribution < 1.29 is 8.42 Å². The van der Waals surface area contributed by atoms with E-state index in [1.54, 1.807) is 12.1 Å². The molecule has 2 aromatic rings. The Kier molecular flexibility index (Phi) is 10.6. The third-order valence-corrected chi connectivity index (χ3v) is 9.34. The SMILES string of the molecule is CC=C(/N=C(\N=C(/C)NCC1CCC(CNS(=O)(=O)c2cccc3ccccc23)CC1)NC(C)C)NC1CCC1. The second-order valence-corrected chi connectivity index (χ2v) is 13.2. The van der Waals surface area contributed by atoms with Crippen LogP contribution < -0.4 is 20.7 Å². The third kappa shape index (κ3) is 8.54. The van der Waals surface area contributed by atoms with Crippen LogP contribution in [0.4, 0.5) is 0 Å². The summed E-state index contributed by atoms with van der Waals surface area (Å²) in [6, 6.07) is 13.8. The number of hydrogen-bond donors (Lipinski definition) is 4. The second-order valence-electron chi connectivity index (χ2n) is 11.5. The van der Waals surface area contributed by atoms with Crippen LogP contribution in [-0.2, 0) is 10.0 Å². The molecule has 0 unspecified atom stereocenters. The van der Waals surface area contributed by atoms with Crippen molar-refractivity contribution in [3.63, 3.8) is 0 Å². The van der Waals surface area contributed by atoms with Crippen LogP contribution in [0.25, 0.3) is 10.8 Å². The Morgan fingerprint density at radius 1 is 0.950 bits per heavy atom. The van der Waals surface area contributed by atoms with Crippen LogP contribution in [0.3, 0.4) is 0 Å².